The maximum Gasteiger partial charge on any atom is 0.134 e. The number of ether oxygens (including phenoxy) is 1. The van der Waals surface area contributed by atoms with Gasteiger partial charge in [0.1, 0.15) is 17.4 Å². The lowest BCUT2D eigenvalue weighted by atomic mass is 10.1. The Hall–Kier alpha value is -1.28. The van der Waals surface area contributed by atoms with Crippen LogP contribution in [-0.2, 0) is 4.74 Å². The molecule has 0 N–H and O–H groups in total. The molecule has 0 amide bonds. The molecule has 2 aromatic rings. The molecule has 1 saturated heterocycles. The summed E-state index contributed by atoms with van der Waals surface area (Å²) >= 11 is 0. The first kappa shape index (κ1) is 8.98. The largest absolute Gasteiger partial charge is 0.458 e. The van der Waals surface area contributed by atoms with Crippen molar-refractivity contribution in [3.63, 3.8) is 0 Å². The highest BCUT2D eigenvalue weighted by Gasteiger charge is 2.26. The molecule has 0 spiro atoms. The van der Waals surface area contributed by atoms with Gasteiger partial charge in [0.05, 0.1) is 6.61 Å². The zero-order chi connectivity index (χ0) is 10.3. The van der Waals surface area contributed by atoms with Gasteiger partial charge in [-0.25, -0.2) is 0 Å². The van der Waals surface area contributed by atoms with E-state index in [-0.39, 0.29) is 6.10 Å². The van der Waals surface area contributed by atoms with Gasteiger partial charge in [-0.05, 0) is 24.5 Å². The first-order chi connectivity index (χ1) is 7.33. The van der Waals surface area contributed by atoms with Gasteiger partial charge >= 0.3 is 0 Å². The average Bonchev–Trinajstić information content (AvgIpc) is 2.82. The fourth-order valence-corrected chi connectivity index (χ4v) is 2.14. The summed E-state index contributed by atoms with van der Waals surface area (Å²) in [5.74, 6) is 1.61. The van der Waals surface area contributed by atoms with Gasteiger partial charge in [0, 0.05) is 5.39 Å². The molecule has 2 nitrogen and oxygen atoms in total. The molecule has 2 heterocycles. The molecule has 1 aromatic carbocycles. The maximum absolute atomic E-state index is 5.78. The zero-order valence-electron chi connectivity index (χ0n) is 8.77. The second-order valence-electron chi connectivity index (χ2n) is 4.35. The lowest BCUT2D eigenvalue weighted by Gasteiger charge is -2.03. The molecule has 15 heavy (non-hydrogen) atoms. The molecule has 0 bridgehead atoms. The van der Waals surface area contributed by atoms with Gasteiger partial charge in [0.25, 0.3) is 0 Å². The second kappa shape index (κ2) is 3.38. The predicted molar refractivity (Wildman–Crippen MR) is 58.7 cm³/mol. The monoisotopic (exact) mass is 202 g/mol. The Morgan fingerprint density at radius 2 is 2.13 bits per heavy atom. The molecule has 1 fully saturated rings. The lowest BCUT2D eigenvalue weighted by Crippen LogP contribution is -1.92. The van der Waals surface area contributed by atoms with Gasteiger partial charge in [-0.15, -0.1) is 0 Å². The zero-order valence-corrected chi connectivity index (χ0v) is 8.77. The number of fused-ring (bicyclic) bond motifs is 1. The molecule has 0 saturated carbocycles. The summed E-state index contributed by atoms with van der Waals surface area (Å²) in [5.41, 5.74) is 0.954. The Balaban J connectivity index is 1.98. The topological polar surface area (TPSA) is 22.4 Å². The fraction of sp³-hybridized carbons (Fsp3) is 0.385. The lowest BCUT2D eigenvalue weighted by molar-refractivity contribution is 0.0921. The van der Waals surface area contributed by atoms with E-state index in [1.807, 2.05) is 18.2 Å². The van der Waals surface area contributed by atoms with Gasteiger partial charge in [-0.2, -0.15) is 0 Å². The molecule has 0 aliphatic carbocycles. The molecular weight excluding hydrogens is 188 g/mol. The van der Waals surface area contributed by atoms with Crippen LogP contribution in [-0.4, -0.2) is 6.61 Å². The molecule has 0 radical (unpaired) electrons. The van der Waals surface area contributed by atoms with Gasteiger partial charge < -0.3 is 9.15 Å². The third-order valence-corrected chi connectivity index (χ3v) is 2.96. The van der Waals surface area contributed by atoms with Crippen LogP contribution in [0.2, 0.25) is 0 Å². The third-order valence-electron chi connectivity index (χ3n) is 2.96. The predicted octanol–water partition coefficient (Wildman–Crippen LogP) is 3.53. The van der Waals surface area contributed by atoms with Crippen molar-refractivity contribution >= 4 is 11.0 Å². The number of para-hydroxylation sites is 1. The number of benzene rings is 1. The standard InChI is InChI=1S/C13H14O2/c1-9-6-12(14-8-9)13-7-10-4-2-3-5-11(10)15-13/h2-5,7,9,12H,6,8H2,1H3/t9-,12-/m1/s1. The molecular formula is C13H14O2. The Kier molecular flexibility index (Phi) is 2.03. The molecule has 1 aromatic heterocycles. The van der Waals surface area contributed by atoms with Gasteiger partial charge in [-0.1, -0.05) is 25.1 Å². The normalized spacial score (nSPS) is 26.2. The number of furan rings is 1. The van der Waals surface area contributed by atoms with Crippen molar-refractivity contribution in [3.05, 3.63) is 36.1 Å². The first-order valence-corrected chi connectivity index (χ1v) is 5.43. The molecule has 2 atom stereocenters. The highest BCUT2D eigenvalue weighted by atomic mass is 16.5. The SMILES string of the molecule is C[C@H]1CO[C@@H](c2cc3ccccc3o2)C1. The van der Waals surface area contributed by atoms with E-state index in [2.05, 4.69) is 19.1 Å². The van der Waals surface area contributed by atoms with Crippen LogP contribution >= 0.6 is 0 Å². The van der Waals surface area contributed by atoms with Crippen molar-refractivity contribution in [2.75, 3.05) is 6.61 Å². The van der Waals surface area contributed by atoms with Gasteiger partial charge in [0.2, 0.25) is 0 Å². The van der Waals surface area contributed by atoms with Crippen LogP contribution in [0.15, 0.2) is 34.7 Å². The summed E-state index contributed by atoms with van der Waals surface area (Å²) in [4.78, 5) is 0. The van der Waals surface area contributed by atoms with E-state index < -0.39 is 0 Å². The van der Waals surface area contributed by atoms with E-state index in [0.717, 1.165) is 29.8 Å². The summed E-state index contributed by atoms with van der Waals surface area (Å²) < 4.78 is 11.5. The number of hydrogen-bond acceptors (Lipinski definition) is 2. The van der Waals surface area contributed by atoms with Crippen LogP contribution in [0, 0.1) is 5.92 Å². The van der Waals surface area contributed by atoms with Crippen molar-refractivity contribution in [2.24, 2.45) is 5.92 Å². The van der Waals surface area contributed by atoms with Crippen molar-refractivity contribution in [1.29, 1.82) is 0 Å². The van der Waals surface area contributed by atoms with Crippen LogP contribution in [0.4, 0.5) is 0 Å². The van der Waals surface area contributed by atoms with E-state index >= 15 is 0 Å². The maximum atomic E-state index is 5.78. The van der Waals surface area contributed by atoms with Crippen LogP contribution in [0.1, 0.15) is 25.2 Å². The van der Waals surface area contributed by atoms with Crippen LogP contribution < -0.4 is 0 Å². The van der Waals surface area contributed by atoms with E-state index in [1.54, 1.807) is 0 Å². The van der Waals surface area contributed by atoms with Gasteiger partial charge in [-0.3, -0.25) is 0 Å². The Morgan fingerprint density at radius 1 is 1.27 bits per heavy atom. The molecule has 1 aliphatic heterocycles. The van der Waals surface area contributed by atoms with Crippen molar-refractivity contribution in [1.82, 2.24) is 0 Å². The molecule has 0 unspecified atom stereocenters. The van der Waals surface area contributed by atoms with Crippen molar-refractivity contribution in [2.45, 2.75) is 19.4 Å². The number of hydrogen-bond donors (Lipinski definition) is 0. The van der Waals surface area contributed by atoms with Crippen LogP contribution in [0.3, 0.4) is 0 Å². The Labute approximate surface area is 88.8 Å². The Morgan fingerprint density at radius 3 is 2.87 bits per heavy atom. The first-order valence-electron chi connectivity index (χ1n) is 5.43. The van der Waals surface area contributed by atoms with E-state index in [4.69, 9.17) is 9.15 Å². The highest BCUT2D eigenvalue weighted by molar-refractivity contribution is 5.77. The molecule has 1 aliphatic rings. The van der Waals surface area contributed by atoms with E-state index in [1.165, 1.54) is 0 Å². The van der Waals surface area contributed by atoms with Crippen LogP contribution in [0.25, 0.3) is 11.0 Å². The van der Waals surface area contributed by atoms with E-state index in [0.29, 0.717) is 5.92 Å². The molecule has 78 valence electrons. The summed E-state index contributed by atoms with van der Waals surface area (Å²) in [7, 11) is 0. The van der Waals surface area contributed by atoms with E-state index in [9.17, 15) is 0 Å². The Bertz CT molecular complexity index is 439. The smallest absolute Gasteiger partial charge is 0.134 e. The number of rotatable bonds is 1. The van der Waals surface area contributed by atoms with Crippen LogP contribution in [0.5, 0.6) is 0 Å². The van der Waals surface area contributed by atoms with Crippen molar-refractivity contribution < 1.29 is 9.15 Å². The molecule has 2 heteroatoms. The minimum atomic E-state index is 0.160. The summed E-state index contributed by atoms with van der Waals surface area (Å²) in [6.45, 7) is 3.06. The quantitative estimate of drug-likeness (QED) is 0.705. The second-order valence-corrected chi connectivity index (χ2v) is 4.35. The molecule has 3 rings (SSSR count). The highest BCUT2D eigenvalue weighted by Crippen LogP contribution is 2.34. The minimum Gasteiger partial charge on any atom is -0.458 e. The summed E-state index contributed by atoms with van der Waals surface area (Å²) in [5, 5.41) is 1.16. The summed E-state index contributed by atoms with van der Waals surface area (Å²) in [6, 6.07) is 10.2. The van der Waals surface area contributed by atoms with Crippen molar-refractivity contribution in [3.8, 4) is 0 Å². The third kappa shape index (κ3) is 1.55. The minimum absolute atomic E-state index is 0.160. The fourth-order valence-electron chi connectivity index (χ4n) is 2.14. The summed E-state index contributed by atoms with van der Waals surface area (Å²) in [6.07, 6.45) is 1.23. The average molecular weight is 202 g/mol. The van der Waals surface area contributed by atoms with Gasteiger partial charge in [0.15, 0.2) is 0 Å².